The van der Waals surface area contributed by atoms with Crippen LogP contribution in [-0.2, 0) is 6.54 Å². The van der Waals surface area contributed by atoms with Gasteiger partial charge in [0.2, 0.25) is 5.95 Å². The summed E-state index contributed by atoms with van der Waals surface area (Å²) in [5, 5.41) is 4.13. The minimum Gasteiger partial charge on any atom is -0.368 e. The summed E-state index contributed by atoms with van der Waals surface area (Å²) < 4.78 is 5.48. The molecule has 0 aromatic carbocycles. The van der Waals surface area contributed by atoms with Gasteiger partial charge in [-0.05, 0) is 44.1 Å². The lowest BCUT2D eigenvalue weighted by Crippen LogP contribution is -2.32. The van der Waals surface area contributed by atoms with E-state index < -0.39 is 0 Å². The zero-order valence-corrected chi connectivity index (χ0v) is 13.9. The lowest BCUT2D eigenvalue weighted by atomic mass is 9.93. The number of hydrogen-bond acceptors (Lipinski definition) is 7. The number of piperidine rings is 1. The first-order valence-electron chi connectivity index (χ1n) is 8.46. The molecule has 25 heavy (non-hydrogen) atoms. The molecule has 0 amide bonds. The molecule has 4 rings (SSSR count). The van der Waals surface area contributed by atoms with E-state index in [9.17, 15) is 0 Å². The molecule has 3 aromatic heterocycles. The highest BCUT2D eigenvalue weighted by atomic mass is 16.5. The van der Waals surface area contributed by atoms with E-state index in [1.165, 1.54) is 0 Å². The van der Waals surface area contributed by atoms with Crippen LogP contribution in [-0.4, -0.2) is 38.1 Å². The van der Waals surface area contributed by atoms with Crippen molar-refractivity contribution in [3.63, 3.8) is 0 Å². The van der Waals surface area contributed by atoms with Gasteiger partial charge in [-0.15, -0.1) is 0 Å². The zero-order valence-electron chi connectivity index (χ0n) is 13.9. The van der Waals surface area contributed by atoms with Crippen LogP contribution < -0.4 is 5.73 Å². The third-order valence-electron chi connectivity index (χ3n) is 4.57. The van der Waals surface area contributed by atoms with E-state index in [4.69, 9.17) is 10.3 Å². The Balaban J connectivity index is 1.35. The van der Waals surface area contributed by atoms with E-state index in [-0.39, 0.29) is 0 Å². The molecule has 0 radical (unpaired) electrons. The molecule has 3 aromatic rings. The Kier molecular flexibility index (Phi) is 4.39. The van der Waals surface area contributed by atoms with Crippen molar-refractivity contribution in [1.29, 1.82) is 0 Å². The molecular formula is C18H20N6O. The first-order valence-corrected chi connectivity index (χ1v) is 8.46. The van der Waals surface area contributed by atoms with Crippen molar-refractivity contribution in [2.75, 3.05) is 18.8 Å². The quantitative estimate of drug-likeness (QED) is 0.782. The average Bonchev–Trinajstić information content (AvgIpc) is 3.12. The van der Waals surface area contributed by atoms with Crippen molar-refractivity contribution in [2.24, 2.45) is 0 Å². The Morgan fingerprint density at radius 1 is 1.08 bits per heavy atom. The molecule has 1 aliphatic heterocycles. The second-order valence-corrected chi connectivity index (χ2v) is 6.28. The molecule has 0 aliphatic carbocycles. The molecular weight excluding hydrogens is 316 g/mol. The Bertz CT molecular complexity index is 826. The molecule has 0 saturated carbocycles. The van der Waals surface area contributed by atoms with E-state index in [1.54, 1.807) is 12.4 Å². The van der Waals surface area contributed by atoms with Gasteiger partial charge in [-0.1, -0.05) is 11.2 Å². The van der Waals surface area contributed by atoms with Crippen molar-refractivity contribution >= 4 is 5.95 Å². The second kappa shape index (κ2) is 6.98. The van der Waals surface area contributed by atoms with Crippen LogP contribution in [0.4, 0.5) is 5.95 Å². The van der Waals surface area contributed by atoms with E-state index >= 15 is 0 Å². The fourth-order valence-electron chi connectivity index (χ4n) is 3.25. The van der Waals surface area contributed by atoms with Crippen molar-refractivity contribution in [2.45, 2.75) is 25.3 Å². The fraction of sp³-hybridized carbons (Fsp3) is 0.333. The number of nitrogens with zero attached hydrogens (tertiary/aromatic N) is 5. The van der Waals surface area contributed by atoms with Crippen LogP contribution in [0.15, 0.2) is 47.2 Å². The third kappa shape index (κ3) is 3.66. The standard InChI is InChI=1S/C18H20N6O/c19-18-21-8-4-15(22-18)13-5-9-24(10-6-13)12-14-11-17(23-25-14)16-3-1-2-7-20-16/h1-4,7-8,11,13H,5-6,9-10,12H2,(H2,19,21,22). The second-order valence-electron chi connectivity index (χ2n) is 6.28. The van der Waals surface area contributed by atoms with Gasteiger partial charge in [0.15, 0.2) is 5.76 Å². The Hall–Kier alpha value is -2.80. The van der Waals surface area contributed by atoms with Crippen LogP contribution in [0.25, 0.3) is 11.4 Å². The maximum Gasteiger partial charge on any atom is 0.220 e. The highest BCUT2D eigenvalue weighted by Crippen LogP contribution is 2.28. The van der Waals surface area contributed by atoms with E-state index in [0.717, 1.165) is 55.3 Å². The number of aromatic nitrogens is 4. The molecule has 0 unspecified atom stereocenters. The highest BCUT2D eigenvalue weighted by molar-refractivity contribution is 5.52. The number of anilines is 1. The van der Waals surface area contributed by atoms with Gasteiger partial charge in [0.05, 0.1) is 12.2 Å². The fourth-order valence-corrected chi connectivity index (χ4v) is 3.25. The lowest BCUT2D eigenvalue weighted by molar-refractivity contribution is 0.183. The largest absolute Gasteiger partial charge is 0.368 e. The van der Waals surface area contributed by atoms with Crippen LogP contribution in [0.3, 0.4) is 0 Å². The topological polar surface area (TPSA) is 94.0 Å². The maximum atomic E-state index is 5.69. The molecule has 0 bridgehead atoms. The van der Waals surface area contributed by atoms with Gasteiger partial charge in [-0.25, -0.2) is 9.97 Å². The van der Waals surface area contributed by atoms with Crippen LogP contribution in [0.2, 0.25) is 0 Å². The zero-order chi connectivity index (χ0) is 17.1. The van der Waals surface area contributed by atoms with Crippen LogP contribution in [0.5, 0.6) is 0 Å². The van der Waals surface area contributed by atoms with Gasteiger partial charge in [0.25, 0.3) is 0 Å². The summed E-state index contributed by atoms with van der Waals surface area (Å²) in [4.78, 5) is 15.0. The smallest absolute Gasteiger partial charge is 0.220 e. The Morgan fingerprint density at radius 3 is 2.72 bits per heavy atom. The minimum absolute atomic E-state index is 0.351. The first kappa shape index (κ1) is 15.7. The van der Waals surface area contributed by atoms with Crippen molar-refractivity contribution < 1.29 is 4.52 Å². The lowest BCUT2D eigenvalue weighted by Gasteiger charge is -2.30. The molecule has 7 heteroatoms. The predicted octanol–water partition coefficient (Wildman–Crippen LogP) is 2.49. The van der Waals surface area contributed by atoms with E-state index in [2.05, 4.69) is 25.0 Å². The summed E-state index contributed by atoms with van der Waals surface area (Å²) in [7, 11) is 0. The predicted molar refractivity (Wildman–Crippen MR) is 93.4 cm³/mol. The monoisotopic (exact) mass is 336 g/mol. The summed E-state index contributed by atoms with van der Waals surface area (Å²) >= 11 is 0. The van der Waals surface area contributed by atoms with Gasteiger partial charge < -0.3 is 10.3 Å². The number of nitrogens with two attached hydrogens (primary N) is 1. The van der Waals surface area contributed by atoms with Gasteiger partial charge >= 0.3 is 0 Å². The first-order chi connectivity index (χ1) is 12.3. The van der Waals surface area contributed by atoms with Gasteiger partial charge in [-0.3, -0.25) is 9.88 Å². The summed E-state index contributed by atoms with van der Waals surface area (Å²) in [6.45, 7) is 2.75. The highest BCUT2D eigenvalue weighted by Gasteiger charge is 2.23. The maximum absolute atomic E-state index is 5.69. The van der Waals surface area contributed by atoms with Crippen molar-refractivity contribution in [1.82, 2.24) is 25.0 Å². The normalized spacial score (nSPS) is 16.2. The summed E-state index contributed by atoms with van der Waals surface area (Å²) in [5.41, 5.74) is 8.34. The molecule has 2 N–H and O–H groups in total. The summed E-state index contributed by atoms with van der Waals surface area (Å²) in [6.07, 6.45) is 5.60. The van der Waals surface area contributed by atoms with Crippen LogP contribution in [0.1, 0.15) is 30.2 Å². The third-order valence-corrected chi connectivity index (χ3v) is 4.57. The van der Waals surface area contributed by atoms with Gasteiger partial charge in [-0.2, -0.15) is 0 Å². The van der Waals surface area contributed by atoms with Crippen LogP contribution in [0, 0.1) is 0 Å². The van der Waals surface area contributed by atoms with Gasteiger partial charge in [0, 0.05) is 30.1 Å². The minimum atomic E-state index is 0.351. The summed E-state index contributed by atoms with van der Waals surface area (Å²) in [5.74, 6) is 1.66. The number of pyridine rings is 1. The van der Waals surface area contributed by atoms with Crippen molar-refractivity contribution in [3.8, 4) is 11.4 Å². The number of nitrogen functional groups attached to an aromatic ring is 1. The Labute approximate surface area is 145 Å². The molecule has 7 nitrogen and oxygen atoms in total. The average molecular weight is 336 g/mol. The molecule has 1 aliphatic rings. The SMILES string of the molecule is Nc1nccc(C2CCN(Cc3cc(-c4ccccn4)no3)CC2)n1. The van der Waals surface area contributed by atoms with Crippen LogP contribution >= 0.6 is 0 Å². The molecule has 128 valence electrons. The summed E-state index contributed by atoms with van der Waals surface area (Å²) in [6, 6.07) is 9.70. The number of likely N-dealkylation sites (tertiary alicyclic amines) is 1. The molecule has 1 saturated heterocycles. The van der Waals surface area contributed by atoms with Crippen molar-refractivity contribution in [3.05, 3.63) is 54.2 Å². The Morgan fingerprint density at radius 2 is 1.96 bits per heavy atom. The molecule has 0 spiro atoms. The molecule has 4 heterocycles. The molecule has 1 fully saturated rings. The van der Waals surface area contributed by atoms with E-state index in [0.29, 0.717) is 11.9 Å². The van der Waals surface area contributed by atoms with Gasteiger partial charge in [0.1, 0.15) is 5.69 Å². The molecule has 0 atom stereocenters. The van der Waals surface area contributed by atoms with E-state index in [1.807, 2.05) is 30.3 Å². The number of hydrogen-bond donors (Lipinski definition) is 1. The number of rotatable bonds is 4.